The fraction of sp³-hybridized carbons (Fsp3) is 0.136. The molecule has 0 radical (unpaired) electrons. The molecule has 1 atom stereocenters. The highest BCUT2D eigenvalue weighted by atomic mass is 32.2. The van der Waals surface area contributed by atoms with Crippen LogP contribution in [0.4, 0.5) is 0 Å². The third-order valence-electron chi connectivity index (χ3n) is 13.3. The molecule has 9 rings (SSSR count). The van der Waals surface area contributed by atoms with Gasteiger partial charge in [-0.05, 0) is 151 Å². The van der Waals surface area contributed by atoms with Crippen LogP contribution in [-0.4, -0.2) is 10.3 Å². The summed E-state index contributed by atoms with van der Waals surface area (Å²) in [5.74, 6) is 0. The van der Waals surface area contributed by atoms with E-state index in [9.17, 15) is 0 Å². The first-order valence-electron chi connectivity index (χ1n) is 24.4. The Labute approximate surface area is 420 Å². The van der Waals surface area contributed by atoms with Gasteiger partial charge in [0, 0.05) is 38.0 Å². The Kier molecular flexibility index (Phi) is 14.7. The Hall–Kier alpha value is -7.66. The molecule has 0 spiro atoms. The van der Waals surface area contributed by atoms with Crippen LogP contribution in [-0.2, 0) is 19.3 Å². The van der Waals surface area contributed by atoms with Crippen molar-refractivity contribution in [3.63, 3.8) is 0 Å². The third kappa shape index (κ3) is 9.79. The lowest BCUT2D eigenvalue weighted by Gasteiger charge is -2.25. The number of hydrogen-bond acceptors (Lipinski definition) is 3. The molecule has 0 amide bonds. The molecule has 2 aliphatic carbocycles. The van der Waals surface area contributed by atoms with Gasteiger partial charge in [-0.1, -0.05) is 195 Å². The number of thioether (sulfide) groups is 1. The van der Waals surface area contributed by atoms with E-state index < -0.39 is 0 Å². The molecule has 0 bridgehead atoms. The van der Waals surface area contributed by atoms with Crippen molar-refractivity contribution in [3.05, 3.63) is 274 Å². The van der Waals surface area contributed by atoms with E-state index in [1.807, 2.05) is 25.2 Å². The second-order valence-electron chi connectivity index (χ2n) is 17.8. The lowest BCUT2D eigenvalue weighted by atomic mass is 9.94. The van der Waals surface area contributed by atoms with Gasteiger partial charge in [-0.15, -0.1) is 6.58 Å². The first-order valence-corrected chi connectivity index (χ1v) is 25.2. The fourth-order valence-corrected chi connectivity index (χ4v) is 11.0. The number of aromatic nitrogens is 1. The van der Waals surface area contributed by atoms with Gasteiger partial charge in [-0.2, -0.15) is 0 Å². The average molecular weight is 928 g/mol. The lowest BCUT2D eigenvalue weighted by Crippen LogP contribution is -2.25. The molecule has 346 valence electrons. The van der Waals surface area contributed by atoms with Crippen molar-refractivity contribution in [2.75, 3.05) is 0 Å². The Bertz CT molecular complexity index is 3300. The summed E-state index contributed by atoms with van der Waals surface area (Å²) in [6.45, 7) is 21.3. The molecule has 0 saturated heterocycles. The monoisotopic (exact) mass is 927 g/mol. The zero-order valence-corrected chi connectivity index (χ0v) is 41.7. The van der Waals surface area contributed by atoms with Crippen LogP contribution in [0.25, 0.3) is 51.4 Å². The van der Waals surface area contributed by atoms with E-state index in [1.54, 1.807) is 11.8 Å². The Morgan fingerprint density at radius 2 is 1.59 bits per heavy atom. The lowest BCUT2D eigenvalue weighted by molar-refractivity contribution is 0.664. The van der Waals surface area contributed by atoms with Gasteiger partial charge in [0.05, 0.1) is 11.4 Å². The van der Waals surface area contributed by atoms with E-state index in [1.165, 1.54) is 71.8 Å². The number of benzene rings is 5. The summed E-state index contributed by atoms with van der Waals surface area (Å²) in [4.78, 5) is 7.55. The molecule has 2 heterocycles. The van der Waals surface area contributed by atoms with Crippen LogP contribution in [0, 0.1) is 0 Å². The molecule has 4 heteroatoms. The first-order chi connectivity index (χ1) is 34.3. The number of hydrogen-bond donors (Lipinski definition) is 1. The number of nitrogens with zero attached hydrogens (tertiary/aromatic N) is 2. The zero-order chi connectivity index (χ0) is 48.6. The second kappa shape index (κ2) is 21.7. The van der Waals surface area contributed by atoms with Gasteiger partial charge in [-0.25, -0.2) is 0 Å². The maximum atomic E-state index is 5.34. The van der Waals surface area contributed by atoms with Gasteiger partial charge in [0.15, 0.2) is 0 Å². The number of rotatable bonds is 16. The van der Waals surface area contributed by atoms with E-state index in [-0.39, 0.29) is 6.17 Å². The molecule has 6 aromatic rings. The summed E-state index contributed by atoms with van der Waals surface area (Å²) in [5.41, 5.74) is 22.5. The van der Waals surface area contributed by atoms with E-state index >= 15 is 0 Å². The highest BCUT2D eigenvalue weighted by molar-refractivity contribution is 8.03. The first kappa shape index (κ1) is 47.4. The minimum Gasteiger partial charge on any atom is -0.360 e. The molecule has 1 aromatic heterocycles. The number of nitrogens with one attached hydrogen (secondary N) is 1. The molecule has 70 heavy (non-hydrogen) atoms. The standard InChI is InChI=1S/C66H61N3S/c1-8-13-34-59-60-37-20-19-36-57(51-32-22-33-52(41-51)58-38-23-31-48(25-10-3)65(58)70-46(7)24-9-2)64(60)69(63(59)12-5)45(6)26-21-30-47(11-4)61-44-62(68-66(67-61)49-27-15-14-16-28-49)53-39-40-56-54(43-53)42-50-29-17-18-35-55(50)56/h8-18,20-24,26-33,35-41,43-44,66,68H,3,5,7,19,25,34,42H2,1-2,4,6H3/b13-8-,24-9-,30-21-,45-26+,47-11+. The normalized spacial score (nSPS) is 15.5. The van der Waals surface area contributed by atoms with Crippen LogP contribution in [0.3, 0.4) is 0 Å². The summed E-state index contributed by atoms with van der Waals surface area (Å²) in [6, 6.07) is 41.8. The van der Waals surface area contributed by atoms with Crippen LogP contribution < -0.4 is 5.32 Å². The van der Waals surface area contributed by atoms with Crippen molar-refractivity contribution in [3.8, 4) is 22.3 Å². The molecule has 0 saturated carbocycles. The number of aliphatic imine (C=N–C) groups is 1. The summed E-state index contributed by atoms with van der Waals surface area (Å²) in [5, 5.41) is 3.79. The number of fused-ring (bicyclic) bond motifs is 4. The maximum Gasteiger partial charge on any atom is 0.145 e. The van der Waals surface area contributed by atoms with E-state index in [0.29, 0.717) is 0 Å². The summed E-state index contributed by atoms with van der Waals surface area (Å²) >= 11 is 1.72. The van der Waals surface area contributed by atoms with E-state index in [0.717, 1.165) is 70.1 Å². The summed E-state index contributed by atoms with van der Waals surface area (Å²) in [7, 11) is 0. The van der Waals surface area contributed by atoms with Crippen LogP contribution in [0.5, 0.6) is 0 Å². The smallest absolute Gasteiger partial charge is 0.145 e. The van der Waals surface area contributed by atoms with Crippen molar-refractivity contribution in [2.45, 2.75) is 64.4 Å². The molecule has 1 unspecified atom stereocenters. The minimum atomic E-state index is -0.237. The molecular formula is C66H61N3S. The van der Waals surface area contributed by atoms with Gasteiger partial charge in [0.1, 0.15) is 6.17 Å². The highest BCUT2D eigenvalue weighted by Crippen LogP contribution is 2.43. The SMILES string of the molecule is C=CCc1cccc(-c2cccc(C3=CCC=Cc4c(C/C=C\C)c(C=C)n(/C(C)=C/C=C\C(=C/C)C5=NC(c6ccccc6)NC(c6ccc7c(c6)Cc6ccccc6-7)=C5)c43)c2)c1SC(=C)/C=C\C. The summed E-state index contributed by atoms with van der Waals surface area (Å²) < 4.78 is 2.42. The van der Waals surface area contributed by atoms with Crippen LogP contribution in [0.15, 0.2) is 228 Å². The molecule has 0 fully saturated rings. The highest BCUT2D eigenvalue weighted by Gasteiger charge is 2.26. The van der Waals surface area contributed by atoms with Crippen molar-refractivity contribution in [1.29, 1.82) is 0 Å². The zero-order valence-electron chi connectivity index (χ0n) is 40.9. The van der Waals surface area contributed by atoms with Crippen molar-refractivity contribution in [1.82, 2.24) is 9.88 Å². The Morgan fingerprint density at radius 3 is 2.39 bits per heavy atom. The molecule has 5 aromatic carbocycles. The van der Waals surface area contributed by atoms with E-state index in [4.69, 9.17) is 4.99 Å². The van der Waals surface area contributed by atoms with Gasteiger partial charge < -0.3 is 9.88 Å². The molecular weight excluding hydrogens is 867 g/mol. The van der Waals surface area contributed by atoms with Gasteiger partial charge in [-0.3, -0.25) is 4.99 Å². The topological polar surface area (TPSA) is 29.3 Å². The summed E-state index contributed by atoms with van der Waals surface area (Å²) in [6.07, 6.45) is 33.6. The van der Waals surface area contributed by atoms with Gasteiger partial charge in [0.25, 0.3) is 0 Å². The Balaban J connectivity index is 1.10. The van der Waals surface area contributed by atoms with Gasteiger partial charge in [0.2, 0.25) is 0 Å². The van der Waals surface area contributed by atoms with Crippen molar-refractivity contribution in [2.24, 2.45) is 4.99 Å². The van der Waals surface area contributed by atoms with Crippen LogP contribution >= 0.6 is 11.8 Å². The number of allylic oxidation sites excluding steroid dienone is 14. The van der Waals surface area contributed by atoms with Crippen LogP contribution in [0.1, 0.15) is 96.2 Å². The molecule has 3 aliphatic rings. The fourth-order valence-electron chi connectivity index (χ4n) is 9.97. The molecule has 1 N–H and O–H groups in total. The van der Waals surface area contributed by atoms with E-state index in [2.05, 4.69) is 232 Å². The molecule has 3 nitrogen and oxygen atoms in total. The molecule has 1 aliphatic heterocycles. The third-order valence-corrected chi connectivity index (χ3v) is 14.4. The average Bonchev–Trinajstić information content (AvgIpc) is 3.83. The maximum absolute atomic E-state index is 5.34. The van der Waals surface area contributed by atoms with Crippen LogP contribution in [0.2, 0.25) is 0 Å². The van der Waals surface area contributed by atoms with Crippen molar-refractivity contribution < 1.29 is 0 Å². The second-order valence-corrected chi connectivity index (χ2v) is 18.9. The van der Waals surface area contributed by atoms with Crippen molar-refractivity contribution >= 4 is 46.6 Å². The van der Waals surface area contributed by atoms with Gasteiger partial charge >= 0.3 is 0 Å². The Morgan fingerprint density at radius 1 is 0.800 bits per heavy atom. The largest absolute Gasteiger partial charge is 0.360 e. The quantitative estimate of drug-likeness (QED) is 0.0594. The predicted molar refractivity (Wildman–Crippen MR) is 305 cm³/mol. The predicted octanol–water partition coefficient (Wildman–Crippen LogP) is 17.4. The minimum absolute atomic E-state index is 0.237.